The molecule has 1 atom stereocenters. The van der Waals surface area contributed by atoms with E-state index in [2.05, 4.69) is 0 Å². The van der Waals surface area contributed by atoms with Crippen LogP contribution in [0.25, 0.3) is 0 Å². The maximum absolute atomic E-state index is 11.5. The van der Waals surface area contributed by atoms with E-state index in [0.717, 1.165) is 0 Å². The predicted octanol–water partition coefficient (Wildman–Crippen LogP) is -0.942. The molecule has 5 heteroatoms. The zero-order valence-corrected chi connectivity index (χ0v) is 8.56. The van der Waals surface area contributed by atoms with Crippen molar-refractivity contribution in [2.45, 2.75) is 20.0 Å². The second-order valence-corrected chi connectivity index (χ2v) is 3.49. The van der Waals surface area contributed by atoms with Gasteiger partial charge in [-0.3, -0.25) is 9.59 Å². The van der Waals surface area contributed by atoms with Crippen LogP contribution in [0.4, 0.5) is 0 Å². The fourth-order valence-corrected chi connectivity index (χ4v) is 1.51. The van der Waals surface area contributed by atoms with Crippen molar-refractivity contribution in [3.8, 4) is 0 Å². The molecule has 0 aromatic rings. The highest BCUT2D eigenvalue weighted by molar-refractivity contribution is 6.35. The highest BCUT2D eigenvalue weighted by Gasteiger charge is 2.31. The maximum Gasteiger partial charge on any atom is 0.312 e. The molecule has 1 aliphatic rings. The van der Waals surface area contributed by atoms with Gasteiger partial charge in [0.15, 0.2) is 0 Å². The molecule has 80 valence electrons. The van der Waals surface area contributed by atoms with Crippen LogP contribution in [0.2, 0.25) is 0 Å². The monoisotopic (exact) mass is 200 g/mol. The number of β-amino-alcohol motifs (C(OH)–C–C–N with tert-alkyl or cyclic N) is 1. The Bertz CT molecular complexity index is 240. The number of amides is 2. The molecule has 1 saturated heterocycles. The molecule has 0 radical (unpaired) electrons. The number of hydrogen-bond acceptors (Lipinski definition) is 3. The highest BCUT2D eigenvalue weighted by atomic mass is 16.3. The number of piperazine rings is 1. The van der Waals surface area contributed by atoms with Crippen molar-refractivity contribution >= 4 is 11.8 Å². The summed E-state index contributed by atoms with van der Waals surface area (Å²) < 4.78 is 0. The summed E-state index contributed by atoms with van der Waals surface area (Å²) in [5.41, 5.74) is 0. The number of rotatable bonds is 3. The molecule has 14 heavy (non-hydrogen) atoms. The summed E-state index contributed by atoms with van der Waals surface area (Å²) in [5, 5.41) is 9.11. The van der Waals surface area contributed by atoms with Gasteiger partial charge in [-0.1, -0.05) is 0 Å². The summed E-state index contributed by atoms with van der Waals surface area (Å²) in [7, 11) is 0. The predicted molar refractivity (Wildman–Crippen MR) is 50.5 cm³/mol. The van der Waals surface area contributed by atoms with Gasteiger partial charge in [0.05, 0.1) is 6.10 Å². The van der Waals surface area contributed by atoms with Crippen LogP contribution in [0, 0.1) is 0 Å². The zero-order valence-electron chi connectivity index (χ0n) is 8.56. The Kier molecular flexibility index (Phi) is 3.46. The van der Waals surface area contributed by atoms with Gasteiger partial charge in [-0.2, -0.15) is 0 Å². The molecule has 1 heterocycles. The minimum Gasteiger partial charge on any atom is -0.392 e. The van der Waals surface area contributed by atoms with Gasteiger partial charge in [0, 0.05) is 26.2 Å². The molecule has 5 nitrogen and oxygen atoms in total. The third-order valence-electron chi connectivity index (χ3n) is 2.26. The number of aliphatic hydroxyl groups is 1. The molecule has 0 aromatic heterocycles. The molecule has 1 aliphatic heterocycles. The van der Waals surface area contributed by atoms with Gasteiger partial charge in [0.1, 0.15) is 0 Å². The summed E-state index contributed by atoms with van der Waals surface area (Å²) in [6, 6.07) is 0. The molecule has 0 aromatic carbocycles. The number of likely N-dealkylation sites (N-methyl/N-ethyl adjacent to an activating group) is 1. The normalized spacial score (nSPS) is 20.2. The molecule has 0 bridgehead atoms. The first-order valence-corrected chi connectivity index (χ1v) is 4.82. The molecule has 1 rings (SSSR count). The molecule has 2 amide bonds. The average Bonchev–Trinajstić information content (AvgIpc) is 2.13. The Morgan fingerprint density at radius 1 is 1.29 bits per heavy atom. The smallest absolute Gasteiger partial charge is 0.312 e. The number of carbonyl (C=O) groups excluding carboxylic acids is 2. The van der Waals surface area contributed by atoms with Crippen molar-refractivity contribution in [2.75, 3.05) is 26.2 Å². The number of nitrogens with zero attached hydrogens (tertiary/aromatic N) is 2. The van der Waals surface area contributed by atoms with E-state index < -0.39 is 17.9 Å². The lowest BCUT2D eigenvalue weighted by atomic mass is 10.2. The molecular formula is C9H16N2O3. The Morgan fingerprint density at radius 2 is 1.79 bits per heavy atom. The summed E-state index contributed by atoms with van der Waals surface area (Å²) in [5.74, 6) is -0.960. The van der Waals surface area contributed by atoms with Gasteiger partial charge >= 0.3 is 11.8 Å². The van der Waals surface area contributed by atoms with Crippen LogP contribution >= 0.6 is 0 Å². The SMILES string of the molecule is CCN1CCN(CC(C)O)C(=O)C1=O. The van der Waals surface area contributed by atoms with Crippen LogP contribution in [0.3, 0.4) is 0 Å². The van der Waals surface area contributed by atoms with Gasteiger partial charge in [-0.05, 0) is 13.8 Å². The lowest BCUT2D eigenvalue weighted by Crippen LogP contribution is -2.55. The molecule has 1 unspecified atom stereocenters. The van der Waals surface area contributed by atoms with Gasteiger partial charge in [0.2, 0.25) is 0 Å². The van der Waals surface area contributed by atoms with E-state index >= 15 is 0 Å². The highest BCUT2D eigenvalue weighted by Crippen LogP contribution is 2.05. The quantitative estimate of drug-likeness (QED) is 0.598. The third kappa shape index (κ3) is 2.23. The standard InChI is InChI=1S/C9H16N2O3/c1-3-10-4-5-11(6-7(2)12)9(14)8(10)13/h7,12H,3-6H2,1-2H3. The van der Waals surface area contributed by atoms with Crippen LogP contribution < -0.4 is 0 Å². The van der Waals surface area contributed by atoms with Gasteiger partial charge in [0.25, 0.3) is 0 Å². The first-order valence-electron chi connectivity index (χ1n) is 4.82. The second-order valence-electron chi connectivity index (χ2n) is 3.49. The van der Waals surface area contributed by atoms with E-state index in [0.29, 0.717) is 19.6 Å². The fraction of sp³-hybridized carbons (Fsp3) is 0.778. The van der Waals surface area contributed by atoms with Crippen LogP contribution in [0.5, 0.6) is 0 Å². The number of carbonyl (C=O) groups is 2. The van der Waals surface area contributed by atoms with E-state index in [9.17, 15) is 9.59 Å². The van der Waals surface area contributed by atoms with Crippen molar-refractivity contribution in [2.24, 2.45) is 0 Å². The summed E-state index contributed by atoms with van der Waals surface area (Å²) in [6.45, 7) is 5.33. The van der Waals surface area contributed by atoms with Crippen LogP contribution in [-0.4, -0.2) is 59.0 Å². The minimum atomic E-state index is -0.583. The molecule has 1 fully saturated rings. The average molecular weight is 200 g/mol. The van der Waals surface area contributed by atoms with Crippen molar-refractivity contribution in [3.05, 3.63) is 0 Å². The molecule has 1 N–H and O–H groups in total. The van der Waals surface area contributed by atoms with Crippen LogP contribution in [0.15, 0.2) is 0 Å². The van der Waals surface area contributed by atoms with E-state index in [1.165, 1.54) is 9.80 Å². The number of hydrogen-bond donors (Lipinski definition) is 1. The Morgan fingerprint density at radius 3 is 2.29 bits per heavy atom. The Labute approximate surface area is 83.3 Å². The van der Waals surface area contributed by atoms with Crippen molar-refractivity contribution in [1.29, 1.82) is 0 Å². The van der Waals surface area contributed by atoms with Crippen molar-refractivity contribution in [3.63, 3.8) is 0 Å². The Hall–Kier alpha value is -1.10. The van der Waals surface area contributed by atoms with E-state index in [1.54, 1.807) is 6.92 Å². The first-order chi connectivity index (χ1) is 6.56. The van der Waals surface area contributed by atoms with Crippen LogP contribution in [0.1, 0.15) is 13.8 Å². The first kappa shape index (κ1) is 11.0. The van der Waals surface area contributed by atoms with Crippen molar-refractivity contribution in [1.82, 2.24) is 9.80 Å². The third-order valence-corrected chi connectivity index (χ3v) is 2.26. The van der Waals surface area contributed by atoms with E-state index in [4.69, 9.17) is 5.11 Å². The molecule has 0 aliphatic carbocycles. The lowest BCUT2D eigenvalue weighted by Gasteiger charge is -2.33. The minimum absolute atomic E-state index is 0.238. The molecule has 0 saturated carbocycles. The molecular weight excluding hydrogens is 184 g/mol. The second kappa shape index (κ2) is 4.41. The lowest BCUT2D eigenvalue weighted by molar-refractivity contribution is -0.156. The van der Waals surface area contributed by atoms with E-state index in [-0.39, 0.29) is 6.54 Å². The van der Waals surface area contributed by atoms with Gasteiger partial charge in [-0.25, -0.2) is 0 Å². The van der Waals surface area contributed by atoms with Crippen molar-refractivity contribution < 1.29 is 14.7 Å². The molecule has 0 spiro atoms. The Balaban J connectivity index is 2.60. The van der Waals surface area contributed by atoms with Crippen LogP contribution in [-0.2, 0) is 9.59 Å². The summed E-state index contributed by atoms with van der Waals surface area (Å²) in [6.07, 6.45) is -0.583. The zero-order chi connectivity index (χ0) is 10.7. The maximum atomic E-state index is 11.5. The largest absolute Gasteiger partial charge is 0.392 e. The van der Waals surface area contributed by atoms with Gasteiger partial charge in [-0.15, -0.1) is 0 Å². The van der Waals surface area contributed by atoms with E-state index in [1.807, 2.05) is 6.92 Å². The summed E-state index contributed by atoms with van der Waals surface area (Å²) in [4.78, 5) is 25.8. The number of aliphatic hydroxyl groups excluding tert-OH is 1. The van der Waals surface area contributed by atoms with Gasteiger partial charge < -0.3 is 14.9 Å². The fourth-order valence-electron chi connectivity index (χ4n) is 1.51. The topological polar surface area (TPSA) is 60.9 Å². The summed E-state index contributed by atoms with van der Waals surface area (Å²) >= 11 is 0.